The molecule has 0 saturated carbocycles. The highest BCUT2D eigenvalue weighted by Crippen LogP contribution is 2.33. The van der Waals surface area contributed by atoms with Crippen molar-refractivity contribution in [3.05, 3.63) is 52.8 Å². The number of carbonyl (C=O) groups is 1. The highest BCUT2D eigenvalue weighted by molar-refractivity contribution is 7.08. The van der Waals surface area contributed by atoms with Crippen molar-refractivity contribution in [1.29, 1.82) is 0 Å². The van der Waals surface area contributed by atoms with Crippen LogP contribution in [-0.4, -0.2) is 34.2 Å². The smallest absolute Gasteiger partial charge is 0.248 e. The van der Waals surface area contributed by atoms with Crippen LogP contribution in [0.1, 0.15) is 31.2 Å². The number of carbonyl (C=O) groups excluding carboxylic acids is 1. The van der Waals surface area contributed by atoms with E-state index >= 15 is 0 Å². The van der Waals surface area contributed by atoms with Crippen LogP contribution in [0.2, 0.25) is 0 Å². The fourth-order valence-corrected chi connectivity index (χ4v) is 3.78. The molecule has 1 amide bonds. The molecule has 1 aliphatic rings. The predicted molar refractivity (Wildman–Crippen MR) is 97.8 cm³/mol. The average Bonchev–Trinajstić information content (AvgIpc) is 3.40. The van der Waals surface area contributed by atoms with Gasteiger partial charge in [-0.3, -0.25) is 4.79 Å². The maximum Gasteiger partial charge on any atom is 0.248 e. The Balaban J connectivity index is 1.37. The van der Waals surface area contributed by atoms with Crippen molar-refractivity contribution in [3.63, 3.8) is 0 Å². The van der Waals surface area contributed by atoms with Crippen molar-refractivity contribution in [2.75, 3.05) is 13.2 Å². The first-order valence-electron chi connectivity index (χ1n) is 8.74. The van der Waals surface area contributed by atoms with Crippen LogP contribution >= 0.6 is 11.3 Å². The van der Waals surface area contributed by atoms with Crippen LogP contribution in [-0.2, 0) is 4.79 Å². The standard InChI is InChI=1S/C19H18FN3O3S/c20-14-3-1-4-15(11-14)25-9-6-17(24)23-8-2-5-16(23)19-22-21-18(26-19)13-7-10-27-12-13/h1,3-4,7,10-12,16H,2,5-6,8-9H2/t16-/m1/s1. The zero-order chi connectivity index (χ0) is 18.6. The maximum atomic E-state index is 13.2. The van der Waals surface area contributed by atoms with E-state index in [-0.39, 0.29) is 30.8 Å². The van der Waals surface area contributed by atoms with Gasteiger partial charge in [0.2, 0.25) is 17.7 Å². The van der Waals surface area contributed by atoms with Crippen molar-refractivity contribution in [1.82, 2.24) is 15.1 Å². The average molecular weight is 387 g/mol. The summed E-state index contributed by atoms with van der Waals surface area (Å²) in [7, 11) is 0. The molecule has 3 aromatic rings. The number of amides is 1. The molecule has 6 nitrogen and oxygen atoms in total. The van der Waals surface area contributed by atoms with E-state index in [9.17, 15) is 9.18 Å². The molecule has 0 unspecified atom stereocenters. The normalized spacial score (nSPS) is 16.6. The number of rotatable bonds is 6. The molecule has 2 aromatic heterocycles. The minimum atomic E-state index is -0.365. The molecular formula is C19H18FN3O3S. The molecule has 0 bridgehead atoms. The Morgan fingerprint density at radius 2 is 2.30 bits per heavy atom. The summed E-state index contributed by atoms with van der Waals surface area (Å²) >= 11 is 1.56. The first-order valence-corrected chi connectivity index (χ1v) is 9.69. The zero-order valence-electron chi connectivity index (χ0n) is 14.5. The van der Waals surface area contributed by atoms with Gasteiger partial charge in [0.15, 0.2) is 0 Å². The highest BCUT2D eigenvalue weighted by atomic mass is 32.1. The number of likely N-dealkylation sites (tertiary alicyclic amines) is 1. The van der Waals surface area contributed by atoms with Crippen LogP contribution in [0, 0.1) is 5.82 Å². The van der Waals surface area contributed by atoms with Crippen LogP contribution in [0.15, 0.2) is 45.5 Å². The van der Waals surface area contributed by atoms with E-state index in [0.717, 1.165) is 18.4 Å². The summed E-state index contributed by atoms with van der Waals surface area (Å²) in [5.74, 6) is 0.951. The van der Waals surface area contributed by atoms with E-state index in [4.69, 9.17) is 9.15 Å². The van der Waals surface area contributed by atoms with E-state index in [0.29, 0.717) is 24.1 Å². The SMILES string of the molecule is O=C(CCOc1cccc(F)c1)N1CCC[C@@H]1c1nnc(-c2ccsc2)o1. The second kappa shape index (κ2) is 7.87. The summed E-state index contributed by atoms with van der Waals surface area (Å²) in [6.45, 7) is 0.842. The number of hydrogen-bond acceptors (Lipinski definition) is 6. The Bertz CT molecular complexity index is 913. The summed E-state index contributed by atoms with van der Waals surface area (Å²) in [4.78, 5) is 14.4. The molecule has 1 saturated heterocycles. The van der Waals surface area contributed by atoms with E-state index < -0.39 is 0 Å². The van der Waals surface area contributed by atoms with E-state index in [1.165, 1.54) is 12.1 Å². The maximum absolute atomic E-state index is 13.2. The third-order valence-corrected chi connectivity index (χ3v) is 5.13. The lowest BCUT2D eigenvalue weighted by molar-refractivity contribution is -0.133. The van der Waals surface area contributed by atoms with Gasteiger partial charge in [-0.05, 0) is 36.4 Å². The quantitative estimate of drug-likeness (QED) is 0.638. The number of hydrogen-bond donors (Lipinski definition) is 0. The minimum absolute atomic E-state index is 0.0378. The molecule has 140 valence electrons. The fourth-order valence-electron chi connectivity index (χ4n) is 3.15. The lowest BCUT2D eigenvalue weighted by Gasteiger charge is -2.22. The number of thiophene rings is 1. The molecule has 0 N–H and O–H groups in total. The molecule has 1 aliphatic heterocycles. The van der Waals surface area contributed by atoms with Gasteiger partial charge in [-0.15, -0.1) is 10.2 Å². The molecule has 3 heterocycles. The van der Waals surface area contributed by atoms with E-state index in [1.807, 2.05) is 16.8 Å². The van der Waals surface area contributed by atoms with Crippen molar-refractivity contribution >= 4 is 17.2 Å². The monoisotopic (exact) mass is 387 g/mol. The Hall–Kier alpha value is -2.74. The van der Waals surface area contributed by atoms with Gasteiger partial charge in [0, 0.05) is 23.6 Å². The number of ether oxygens (including phenoxy) is 1. The number of nitrogens with zero attached hydrogens (tertiary/aromatic N) is 3. The van der Waals surface area contributed by atoms with Gasteiger partial charge >= 0.3 is 0 Å². The number of aromatic nitrogens is 2. The molecule has 27 heavy (non-hydrogen) atoms. The number of benzene rings is 1. The Kier molecular flexibility index (Phi) is 5.15. The third-order valence-electron chi connectivity index (χ3n) is 4.45. The van der Waals surface area contributed by atoms with Crippen LogP contribution < -0.4 is 4.74 Å². The summed E-state index contributed by atoms with van der Waals surface area (Å²) in [5, 5.41) is 12.1. The zero-order valence-corrected chi connectivity index (χ0v) is 15.3. The largest absolute Gasteiger partial charge is 0.493 e. The van der Waals surface area contributed by atoms with Crippen molar-refractivity contribution in [3.8, 4) is 17.2 Å². The molecule has 0 radical (unpaired) electrons. The van der Waals surface area contributed by atoms with Gasteiger partial charge in [-0.2, -0.15) is 11.3 Å². The Morgan fingerprint density at radius 1 is 1.37 bits per heavy atom. The minimum Gasteiger partial charge on any atom is -0.493 e. The fraction of sp³-hybridized carbons (Fsp3) is 0.316. The van der Waals surface area contributed by atoms with Crippen LogP contribution in [0.5, 0.6) is 5.75 Å². The molecule has 0 spiro atoms. The molecule has 8 heteroatoms. The Morgan fingerprint density at radius 3 is 3.11 bits per heavy atom. The molecule has 0 aliphatic carbocycles. The summed E-state index contributed by atoms with van der Waals surface area (Å²) < 4.78 is 24.4. The number of halogens is 1. The van der Waals surface area contributed by atoms with Crippen molar-refractivity contribution in [2.24, 2.45) is 0 Å². The van der Waals surface area contributed by atoms with Gasteiger partial charge in [-0.1, -0.05) is 6.07 Å². The van der Waals surface area contributed by atoms with Crippen molar-refractivity contribution in [2.45, 2.75) is 25.3 Å². The third kappa shape index (κ3) is 4.00. The first kappa shape index (κ1) is 17.7. The van der Waals surface area contributed by atoms with Gasteiger partial charge in [0.25, 0.3) is 0 Å². The van der Waals surface area contributed by atoms with Gasteiger partial charge < -0.3 is 14.1 Å². The molecule has 1 aromatic carbocycles. The molecule has 1 atom stereocenters. The predicted octanol–water partition coefficient (Wildman–Crippen LogP) is 4.07. The first-order chi connectivity index (χ1) is 13.2. The van der Waals surface area contributed by atoms with Crippen molar-refractivity contribution < 1.29 is 18.3 Å². The lowest BCUT2D eigenvalue weighted by atomic mass is 10.2. The van der Waals surface area contributed by atoms with Gasteiger partial charge in [0.05, 0.1) is 13.0 Å². The van der Waals surface area contributed by atoms with Crippen LogP contribution in [0.4, 0.5) is 4.39 Å². The lowest BCUT2D eigenvalue weighted by Crippen LogP contribution is -2.31. The second-order valence-corrected chi connectivity index (χ2v) is 7.04. The highest BCUT2D eigenvalue weighted by Gasteiger charge is 2.33. The van der Waals surface area contributed by atoms with Gasteiger partial charge in [-0.25, -0.2) is 4.39 Å². The van der Waals surface area contributed by atoms with Crippen LogP contribution in [0.25, 0.3) is 11.5 Å². The molecule has 1 fully saturated rings. The van der Waals surface area contributed by atoms with Gasteiger partial charge in [0.1, 0.15) is 17.6 Å². The topological polar surface area (TPSA) is 68.5 Å². The molecule has 4 rings (SSSR count). The summed E-state index contributed by atoms with van der Waals surface area (Å²) in [6.07, 6.45) is 1.89. The summed E-state index contributed by atoms with van der Waals surface area (Å²) in [6, 6.07) is 7.60. The van der Waals surface area contributed by atoms with E-state index in [2.05, 4.69) is 10.2 Å². The second-order valence-electron chi connectivity index (χ2n) is 6.26. The van der Waals surface area contributed by atoms with Crippen LogP contribution in [0.3, 0.4) is 0 Å². The molecular weight excluding hydrogens is 369 g/mol. The Labute approximate surface area is 159 Å². The van der Waals surface area contributed by atoms with E-state index in [1.54, 1.807) is 28.4 Å². The summed E-state index contributed by atoms with van der Waals surface area (Å²) in [5.41, 5.74) is 0.887.